The molecule has 1 N–H and O–H groups in total. The lowest BCUT2D eigenvalue weighted by atomic mass is 10.3. The largest absolute Gasteiger partial charge is 0.318 e. The van der Waals surface area contributed by atoms with E-state index in [9.17, 15) is 4.39 Å². The van der Waals surface area contributed by atoms with Crippen molar-refractivity contribution in [1.29, 1.82) is 0 Å². The van der Waals surface area contributed by atoms with Crippen molar-refractivity contribution in [3.05, 3.63) is 41.2 Å². The average molecular weight is 279 g/mol. The molecule has 3 nitrogen and oxygen atoms in total. The van der Waals surface area contributed by atoms with Crippen LogP contribution in [-0.2, 0) is 6.54 Å². The lowest BCUT2D eigenvalue weighted by molar-refractivity contribution is 0.628. The zero-order valence-corrected chi connectivity index (χ0v) is 12.0. The van der Waals surface area contributed by atoms with Gasteiger partial charge in [-0.05, 0) is 37.7 Å². The van der Waals surface area contributed by atoms with Crippen molar-refractivity contribution in [1.82, 2.24) is 10.3 Å². The van der Waals surface area contributed by atoms with Gasteiger partial charge >= 0.3 is 0 Å². The van der Waals surface area contributed by atoms with Gasteiger partial charge in [0.25, 0.3) is 0 Å². The number of thiazole rings is 1. The van der Waals surface area contributed by atoms with Gasteiger partial charge in [-0.25, -0.2) is 9.37 Å². The van der Waals surface area contributed by atoms with E-state index >= 15 is 0 Å². The second kappa shape index (κ2) is 6.63. The van der Waals surface area contributed by atoms with Crippen LogP contribution in [-0.4, -0.2) is 18.1 Å². The molecular formula is C14H18FN3S. The summed E-state index contributed by atoms with van der Waals surface area (Å²) in [5.74, 6) is -0.216. The standard InChI is InChI=1S/C14H18FN3S/c1-3-16-9-12-10-19-14(17-12)18(4-2)13-7-5-11(15)6-8-13/h5-8,10,16H,3-4,9H2,1-2H3. The Kier molecular flexibility index (Phi) is 4.87. The highest BCUT2D eigenvalue weighted by Gasteiger charge is 2.11. The van der Waals surface area contributed by atoms with Gasteiger partial charge in [-0.3, -0.25) is 0 Å². The molecule has 0 amide bonds. The van der Waals surface area contributed by atoms with Crippen LogP contribution in [0.5, 0.6) is 0 Å². The summed E-state index contributed by atoms with van der Waals surface area (Å²) in [7, 11) is 0. The molecule has 0 atom stereocenters. The Balaban J connectivity index is 2.17. The fourth-order valence-corrected chi connectivity index (χ4v) is 2.71. The molecule has 1 aromatic carbocycles. The van der Waals surface area contributed by atoms with E-state index in [1.54, 1.807) is 23.5 Å². The Morgan fingerprint density at radius 1 is 1.26 bits per heavy atom. The summed E-state index contributed by atoms with van der Waals surface area (Å²) in [5, 5.41) is 6.26. The zero-order chi connectivity index (χ0) is 13.7. The van der Waals surface area contributed by atoms with Crippen molar-refractivity contribution >= 4 is 22.2 Å². The molecule has 0 saturated carbocycles. The molecule has 102 valence electrons. The van der Waals surface area contributed by atoms with Gasteiger partial charge < -0.3 is 10.2 Å². The highest BCUT2D eigenvalue weighted by Crippen LogP contribution is 2.28. The van der Waals surface area contributed by atoms with Crippen molar-refractivity contribution in [2.24, 2.45) is 0 Å². The van der Waals surface area contributed by atoms with Gasteiger partial charge in [0.1, 0.15) is 5.82 Å². The molecule has 19 heavy (non-hydrogen) atoms. The van der Waals surface area contributed by atoms with Crippen molar-refractivity contribution in [3.8, 4) is 0 Å². The Morgan fingerprint density at radius 2 is 2.00 bits per heavy atom. The first kappa shape index (κ1) is 14.0. The van der Waals surface area contributed by atoms with Crippen LogP contribution in [0.1, 0.15) is 19.5 Å². The van der Waals surface area contributed by atoms with Gasteiger partial charge in [0.15, 0.2) is 5.13 Å². The molecule has 1 aromatic heterocycles. The smallest absolute Gasteiger partial charge is 0.190 e. The number of nitrogens with zero attached hydrogens (tertiary/aromatic N) is 2. The van der Waals surface area contributed by atoms with Crippen LogP contribution in [0.4, 0.5) is 15.2 Å². The lowest BCUT2D eigenvalue weighted by Gasteiger charge is -2.19. The SMILES string of the molecule is CCNCc1csc(N(CC)c2ccc(F)cc2)n1. The van der Waals surface area contributed by atoms with Crippen molar-refractivity contribution < 1.29 is 4.39 Å². The third-order valence-electron chi connectivity index (χ3n) is 2.78. The number of anilines is 2. The molecule has 0 fully saturated rings. The first-order chi connectivity index (χ1) is 9.24. The minimum Gasteiger partial charge on any atom is -0.318 e. The molecular weight excluding hydrogens is 261 g/mol. The van der Waals surface area contributed by atoms with E-state index in [2.05, 4.69) is 34.4 Å². The Hall–Kier alpha value is -1.46. The molecule has 0 aliphatic carbocycles. The fraction of sp³-hybridized carbons (Fsp3) is 0.357. The summed E-state index contributed by atoms with van der Waals surface area (Å²) in [6.07, 6.45) is 0. The van der Waals surface area contributed by atoms with Gasteiger partial charge in [-0.2, -0.15) is 0 Å². The maximum atomic E-state index is 13.0. The highest BCUT2D eigenvalue weighted by atomic mass is 32.1. The summed E-state index contributed by atoms with van der Waals surface area (Å²) >= 11 is 1.61. The van der Waals surface area contributed by atoms with E-state index in [4.69, 9.17) is 0 Å². The Bertz CT molecular complexity index is 510. The number of aromatic nitrogens is 1. The highest BCUT2D eigenvalue weighted by molar-refractivity contribution is 7.13. The molecule has 0 bridgehead atoms. The normalized spacial score (nSPS) is 10.7. The van der Waals surface area contributed by atoms with Crippen LogP contribution in [0, 0.1) is 5.82 Å². The maximum Gasteiger partial charge on any atom is 0.190 e. The van der Waals surface area contributed by atoms with E-state index in [-0.39, 0.29) is 5.82 Å². The van der Waals surface area contributed by atoms with E-state index in [0.717, 1.165) is 36.1 Å². The molecule has 0 aliphatic rings. The van der Waals surface area contributed by atoms with E-state index < -0.39 is 0 Å². The van der Waals surface area contributed by atoms with E-state index in [1.807, 2.05) is 0 Å². The molecule has 2 aromatic rings. The number of rotatable bonds is 6. The van der Waals surface area contributed by atoms with Gasteiger partial charge in [-0.1, -0.05) is 6.92 Å². The second-order valence-corrected chi connectivity index (χ2v) is 4.96. The number of hydrogen-bond acceptors (Lipinski definition) is 4. The molecule has 1 heterocycles. The minimum atomic E-state index is -0.216. The third-order valence-corrected chi connectivity index (χ3v) is 3.69. The monoisotopic (exact) mass is 279 g/mol. The number of hydrogen-bond donors (Lipinski definition) is 1. The molecule has 5 heteroatoms. The van der Waals surface area contributed by atoms with Gasteiger partial charge in [0.2, 0.25) is 0 Å². The molecule has 0 spiro atoms. The first-order valence-corrected chi connectivity index (χ1v) is 7.30. The van der Waals surface area contributed by atoms with Crippen LogP contribution < -0.4 is 10.2 Å². The maximum absolute atomic E-state index is 13.0. The van der Waals surface area contributed by atoms with Crippen molar-refractivity contribution in [2.75, 3.05) is 18.0 Å². The Morgan fingerprint density at radius 3 is 2.63 bits per heavy atom. The summed E-state index contributed by atoms with van der Waals surface area (Å²) in [6.45, 7) is 6.66. The van der Waals surface area contributed by atoms with Crippen molar-refractivity contribution in [3.63, 3.8) is 0 Å². The third kappa shape index (κ3) is 3.52. The minimum absolute atomic E-state index is 0.216. The first-order valence-electron chi connectivity index (χ1n) is 6.42. The Labute approximate surface area is 117 Å². The second-order valence-electron chi connectivity index (χ2n) is 4.12. The van der Waals surface area contributed by atoms with Crippen molar-refractivity contribution in [2.45, 2.75) is 20.4 Å². The summed E-state index contributed by atoms with van der Waals surface area (Å²) in [4.78, 5) is 6.69. The topological polar surface area (TPSA) is 28.2 Å². The van der Waals surface area contributed by atoms with Crippen LogP contribution in [0.2, 0.25) is 0 Å². The predicted molar refractivity (Wildman–Crippen MR) is 78.6 cm³/mol. The average Bonchev–Trinajstić information content (AvgIpc) is 2.88. The molecule has 0 aliphatic heterocycles. The molecule has 0 saturated heterocycles. The number of benzene rings is 1. The van der Waals surface area contributed by atoms with Crippen LogP contribution >= 0.6 is 11.3 Å². The van der Waals surface area contributed by atoms with Crippen LogP contribution in [0.25, 0.3) is 0 Å². The number of nitrogens with one attached hydrogen (secondary N) is 1. The van der Waals surface area contributed by atoms with E-state index in [1.165, 1.54) is 12.1 Å². The lowest BCUT2D eigenvalue weighted by Crippen LogP contribution is -2.16. The molecule has 0 unspecified atom stereocenters. The summed E-state index contributed by atoms with van der Waals surface area (Å²) in [6, 6.07) is 6.52. The molecule has 2 rings (SSSR count). The fourth-order valence-electron chi connectivity index (χ4n) is 1.80. The predicted octanol–water partition coefficient (Wildman–Crippen LogP) is 3.55. The zero-order valence-electron chi connectivity index (χ0n) is 11.2. The van der Waals surface area contributed by atoms with Gasteiger partial charge in [-0.15, -0.1) is 11.3 Å². The van der Waals surface area contributed by atoms with Gasteiger partial charge in [0, 0.05) is 24.2 Å². The van der Waals surface area contributed by atoms with Crippen LogP contribution in [0.3, 0.4) is 0 Å². The summed E-state index contributed by atoms with van der Waals surface area (Å²) < 4.78 is 13.0. The summed E-state index contributed by atoms with van der Waals surface area (Å²) in [5.41, 5.74) is 2.01. The quantitative estimate of drug-likeness (QED) is 0.876. The van der Waals surface area contributed by atoms with Crippen LogP contribution in [0.15, 0.2) is 29.6 Å². The number of halogens is 1. The van der Waals surface area contributed by atoms with Gasteiger partial charge in [0.05, 0.1) is 5.69 Å². The molecule has 0 radical (unpaired) electrons. The van der Waals surface area contributed by atoms with E-state index in [0.29, 0.717) is 0 Å².